The van der Waals surface area contributed by atoms with E-state index in [1.807, 2.05) is 11.9 Å². The van der Waals surface area contributed by atoms with Gasteiger partial charge in [0.05, 0.1) is 19.4 Å². The van der Waals surface area contributed by atoms with Crippen molar-refractivity contribution in [1.29, 1.82) is 0 Å². The van der Waals surface area contributed by atoms with Gasteiger partial charge in [0.1, 0.15) is 11.3 Å². The molecule has 1 aromatic heterocycles. The van der Waals surface area contributed by atoms with Gasteiger partial charge >= 0.3 is 0 Å². The molecule has 6 heteroatoms. The van der Waals surface area contributed by atoms with Crippen LogP contribution in [-0.4, -0.2) is 58.9 Å². The summed E-state index contributed by atoms with van der Waals surface area (Å²) in [4.78, 5) is 18.4. The van der Waals surface area contributed by atoms with E-state index in [9.17, 15) is 4.79 Å². The van der Waals surface area contributed by atoms with Crippen molar-refractivity contribution < 1.29 is 14.3 Å². The Morgan fingerprint density at radius 1 is 1.43 bits per heavy atom. The standard InChI is InChI=1S/C17H25N3O3/c1-19-8-15(18-12-19)16(21)20-10-17(11-20)14(5-7-23-17)4-6-22-9-13-2-3-13/h8,12-14H,2-7,9-11H2,1H3. The summed E-state index contributed by atoms with van der Waals surface area (Å²) in [6.45, 7) is 3.93. The van der Waals surface area contributed by atoms with Gasteiger partial charge in [0, 0.05) is 33.1 Å². The quantitative estimate of drug-likeness (QED) is 0.745. The summed E-state index contributed by atoms with van der Waals surface area (Å²) in [5.74, 6) is 1.34. The number of aryl methyl sites for hydroxylation is 1. The maximum absolute atomic E-state index is 12.4. The Bertz CT molecular complexity index is 575. The van der Waals surface area contributed by atoms with Crippen LogP contribution in [-0.2, 0) is 16.5 Å². The summed E-state index contributed by atoms with van der Waals surface area (Å²) in [7, 11) is 1.87. The highest BCUT2D eigenvalue weighted by molar-refractivity contribution is 5.92. The molecule has 1 aliphatic carbocycles. The lowest BCUT2D eigenvalue weighted by atomic mass is 9.79. The molecule has 126 valence electrons. The second kappa shape index (κ2) is 5.91. The zero-order valence-corrected chi connectivity index (χ0v) is 13.7. The van der Waals surface area contributed by atoms with Crippen molar-refractivity contribution in [2.45, 2.75) is 31.3 Å². The van der Waals surface area contributed by atoms with Crippen LogP contribution < -0.4 is 0 Å². The Morgan fingerprint density at radius 3 is 2.96 bits per heavy atom. The Hall–Kier alpha value is -1.40. The van der Waals surface area contributed by atoms with Crippen LogP contribution in [0.4, 0.5) is 0 Å². The average Bonchev–Trinajstić information content (AvgIpc) is 3.06. The SMILES string of the molecule is Cn1cnc(C(=O)N2CC3(C2)OCCC3CCOCC2CC2)c1. The van der Waals surface area contributed by atoms with Crippen molar-refractivity contribution >= 4 is 5.91 Å². The van der Waals surface area contributed by atoms with Crippen LogP contribution in [0.3, 0.4) is 0 Å². The van der Waals surface area contributed by atoms with Crippen molar-refractivity contribution in [2.75, 3.05) is 32.9 Å². The summed E-state index contributed by atoms with van der Waals surface area (Å²) in [5, 5.41) is 0. The summed E-state index contributed by atoms with van der Waals surface area (Å²) < 4.78 is 13.6. The number of hydrogen-bond donors (Lipinski definition) is 0. The van der Waals surface area contributed by atoms with E-state index >= 15 is 0 Å². The van der Waals surface area contributed by atoms with Gasteiger partial charge in [-0.1, -0.05) is 0 Å². The molecule has 0 N–H and O–H groups in total. The smallest absolute Gasteiger partial charge is 0.274 e. The van der Waals surface area contributed by atoms with Gasteiger partial charge in [-0.3, -0.25) is 4.79 Å². The van der Waals surface area contributed by atoms with Crippen LogP contribution in [0.5, 0.6) is 0 Å². The first-order valence-corrected chi connectivity index (χ1v) is 8.65. The van der Waals surface area contributed by atoms with E-state index in [0.29, 0.717) is 24.7 Å². The van der Waals surface area contributed by atoms with Gasteiger partial charge in [0.2, 0.25) is 0 Å². The first-order chi connectivity index (χ1) is 11.2. The molecule has 1 atom stereocenters. The Morgan fingerprint density at radius 2 is 2.26 bits per heavy atom. The molecule has 6 nitrogen and oxygen atoms in total. The number of aromatic nitrogens is 2. The van der Waals surface area contributed by atoms with E-state index in [1.165, 1.54) is 12.8 Å². The molecule has 1 saturated carbocycles. The first kappa shape index (κ1) is 15.1. The molecule has 3 fully saturated rings. The third kappa shape index (κ3) is 3.02. The Balaban J connectivity index is 1.28. The fourth-order valence-corrected chi connectivity index (χ4v) is 3.73. The van der Waals surface area contributed by atoms with Gasteiger partial charge in [-0.05, 0) is 37.5 Å². The number of imidazole rings is 1. The van der Waals surface area contributed by atoms with Gasteiger partial charge in [-0.15, -0.1) is 0 Å². The fourth-order valence-electron chi connectivity index (χ4n) is 3.73. The predicted molar refractivity (Wildman–Crippen MR) is 84.1 cm³/mol. The molecule has 4 rings (SSSR count). The largest absolute Gasteiger partial charge is 0.381 e. The topological polar surface area (TPSA) is 56.6 Å². The molecule has 3 heterocycles. The normalized spacial score (nSPS) is 25.8. The molecule has 3 aliphatic rings. The molecular formula is C17H25N3O3. The van der Waals surface area contributed by atoms with E-state index in [4.69, 9.17) is 9.47 Å². The monoisotopic (exact) mass is 319 g/mol. The minimum atomic E-state index is -0.132. The lowest BCUT2D eigenvalue weighted by molar-refractivity contribution is -0.120. The molecule has 1 amide bonds. The zero-order chi connectivity index (χ0) is 15.9. The maximum atomic E-state index is 12.4. The molecule has 1 unspecified atom stereocenters. The molecule has 0 radical (unpaired) electrons. The van der Waals surface area contributed by atoms with Gasteiger partial charge in [0.25, 0.3) is 5.91 Å². The van der Waals surface area contributed by atoms with Crippen molar-refractivity contribution in [3.8, 4) is 0 Å². The number of rotatable bonds is 6. The summed E-state index contributed by atoms with van der Waals surface area (Å²) in [6.07, 6.45) is 8.22. The second-order valence-electron chi connectivity index (χ2n) is 7.29. The molecule has 2 aliphatic heterocycles. The molecule has 0 aromatic carbocycles. The van der Waals surface area contributed by atoms with Crippen LogP contribution >= 0.6 is 0 Å². The molecular weight excluding hydrogens is 294 g/mol. The number of hydrogen-bond acceptors (Lipinski definition) is 4. The third-order valence-corrected chi connectivity index (χ3v) is 5.39. The fraction of sp³-hybridized carbons (Fsp3) is 0.765. The number of carbonyl (C=O) groups is 1. The number of amides is 1. The summed E-state index contributed by atoms with van der Waals surface area (Å²) in [6, 6.07) is 0. The van der Waals surface area contributed by atoms with Crippen molar-refractivity contribution in [3.05, 3.63) is 18.2 Å². The number of ether oxygens (including phenoxy) is 2. The minimum absolute atomic E-state index is 0.00968. The van der Waals surface area contributed by atoms with E-state index in [1.54, 1.807) is 17.1 Å². The summed E-state index contributed by atoms with van der Waals surface area (Å²) >= 11 is 0. The van der Waals surface area contributed by atoms with Gasteiger partial charge < -0.3 is 18.9 Å². The number of nitrogens with zero attached hydrogens (tertiary/aromatic N) is 3. The van der Waals surface area contributed by atoms with Crippen molar-refractivity contribution in [2.24, 2.45) is 18.9 Å². The van der Waals surface area contributed by atoms with E-state index in [-0.39, 0.29) is 11.5 Å². The van der Waals surface area contributed by atoms with Gasteiger partial charge in [-0.25, -0.2) is 4.98 Å². The highest BCUT2D eigenvalue weighted by Crippen LogP contribution is 2.42. The molecule has 1 spiro atoms. The minimum Gasteiger partial charge on any atom is -0.381 e. The van der Waals surface area contributed by atoms with Crippen LogP contribution in [0.1, 0.15) is 36.2 Å². The molecule has 0 bridgehead atoms. The Labute approximate surface area is 136 Å². The van der Waals surface area contributed by atoms with Crippen LogP contribution in [0.15, 0.2) is 12.5 Å². The van der Waals surface area contributed by atoms with Crippen LogP contribution in [0.2, 0.25) is 0 Å². The molecule has 23 heavy (non-hydrogen) atoms. The zero-order valence-electron chi connectivity index (χ0n) is 13.7. The van der Waals surface area contributed by atoms with E-state index < -0.39 is 0 Å². The summed E-state index contributed by atoms with van der Waals surface area (Å²) in [5.41, 5.74) is 0.387. The third-order valence-electron chi connectivity index (χ3n) is 5.39. The van der Waals surface area contributed by atoms with Gasteiger partial charge in [-0.2, -0.15) is 0 Å². The van der Waals surface area contributed by atoms with Crippen molar-refractivity contribution in [1.82, 2.24) is 14.5 Å². The highest BCUT2D eigenvalue weighted by atomic mass is 16.5. The second-order valence-corrected chi connectivity index (χ2v) is 7.29. The number of likely N-dealkylation sites (tertiary alicyclic amines) is 1. The van der Waals surface area contributed by atoms with E-state index in [0.717, 1.165) is 38.6 Å². The highest BCUT2D eigenvalue weighted by Gasteiger charge is 2.54. The van der Waals surface area contributed by atoms with E-state index in [2.05, 4.69) is 4.98 Å². The first-order valence-electron chi connectivity index (χ1n) is 8.65. The predicted octanol–water partition coefficient (Wildman–Crippen LogP) is 1.47. The lowest BCUT2D eigenvalue weighted by Crippen LogP contribution is -2.66. The van der Waals surface area contributed by atoms with Crippen molar-refractivity contribution in [3.63, 3.8) is 0 Å². The van der Waals surface area contributed by atoms with Crippen LogP contribution in [0, 0.1) is 11.8 Å². The molecule has 1 aromatic rings. The molecule has 2 saturated heterocycles. The van der Waals surface area contributed by atoms with Gasteiger partial charge in [0.15, 0.2) is 0 Å². The maximum Gasteiger partial charge on any atom is 0.274 e. The average molecular weight is 319 g/mol. The lowest BCUT2D eigenvalue weighted by Gasteiger charge is -2.50. The number of carbonyl (C=O) groups excluding carboxylic acids is 1. The Kier molecular flexibility index (Phi) is 3.89. The van der Waals surface area contributed by atoms with Crippen LogP contribution in [0.25, 0.3) is 0 Å².